The number of allylic oxidation sites excluding steroid dienone is 1. The third-order valence-electron chi connectivity index (χ3n) is 6.94. The first-order valence-corrected chi connectivity index (χ1v) is 12.2. The van der Waals surface area contributed by atoms with E-state index in [2.05, 4.69) is 10.4 Å². The molecule has 2 atom stereocenters. The van der Waals surface area contributed by atoms with Gasteiger partial charge in [-0.25, -0.2) is 9.80 Å². The van der Waals surface area contributed by atoms with Gasteiger partial charge >= 0.3 is 6.03 Å². The number of urea groups is 1. The molecule has 1 N–H and O–H groups in total. The van der Waals surface area contributed by atoms with Crippen molar-refractivity contribution in [2.24, 2.45) is 5.10 Å². The van der Waals surface area contributed by atoms with Crippen molar-refractivity contribution in [3.63, 3.8) is 0 Å². The van der Waals surface area contributed by atoms with Crippen LogP contribution in [0.4, 0.5) is 4.79 Å². The highest BCUT2D eigenvalue weighted by Crippen LogP contribution is 2.34. The minimum absolute atomic E-state index is 0.408. The Morgan fingerprint density at radius 3 is 2.58 bits per heavy atom. The lowest BCUT2D eigenvalue weighted by Crippen LogP contribution is -2.43. The topological polar surface area (TPSA) is 108 Å². The summed E-state index contributed by atoms with van der Waals surface area (Å²) in [6.45, 7) is 1.20. The fraction of sp³-hybridized carbons (Fsp3) is 0.172. The van der Waals surface area contributed by atoms with E-state index in [1.807, 2.05) is 48.5 Å². The number of nitrogens with one attached hydrogen (secondary N) is 1. The molecule has 0 spiro atoms. The number of benzene rings is 2. The zero-order valence-corrected chi connectivity index (χ0v) is 20.5. The van der Waals surface area contributed by atoms with Gasteiger partial charge in [-0.05, 0) is 65.7 Å². The van der Waals surface area contributed by atoms with E-state index in [1.54, 1.807) is 43.5 Å². The van der Waals surface area contributed by atoms with Gasteiger partial charge in [0.1, 0.15) is 29.6 Å². The summed E-state index contributed by atoms with van der Waals surface area (Å²) in [5.74, 6) is 0.210. The predicted octanol–water partition coefficient (Wildman–Crippen LogP) is 4.84. The Morgan fingerprint density at radius 2 is 1.82 bits per heavy atom. The van der Waals surface area contributed by atoms with E-state index >= 15 is 0 Å². The summed E-state index contributed by atoms with van der Waals surface area (Å²) < 4.78 is 10.9. The van der Waals surface area contributed by atoms with Gasteiger partial charge in [-0.2, -0.15) is 5.10 Å². The zero-order valence-electron chi connectivity index (χ0n) is 20.5. The van der Waals surface area contributed by atoms with E-state index in [0.29, 0.717) is 29.2 Å². The van der Waals surface area contributed by atoms with Gasteiger partial charge in [-0.3, -0.25) is 14.5 Å². The van der Waals surface area contributed by atoms with Crippen LogP contribution in [0, 0.1) is 0 Å². The smallest absolute Gasteiger partial charge is 0.325 e. The van der Waals surface area contributed by atoms with Gasteiger partial charge in [0.25, 0.3) is 11.8 Å². The molecule has 0 saturated carbocycles. The van der Waals surface area contributed by atoms with Gasteiger partial charge in [0, 0.05) is 6.42 Å². The van der Waals surface area contributed by atoms with Crippen molar-refractivity contribution < 1.29 is 23.2 Å². The van der Waals surface area contributed by atoms with Gasteiger partial charge in [0.15, 0.2) is 0 Å². The largest absolute Gasteiger partial charge is 0.467 e. The number of imide groups is 1. The van der Waals surface area contributed by atoms with E-state index in [0.717, 1.165) is 15.7 Å². The average molecular weight is 509 g/mol. The summed E-state index contributed by atoms with van der Waals surface area (Å²) in [4.78, 5) is 40.9. The molecule has 4 heterocycles. The van der Waals surface area contributed by atoms with Crippen LogP contribution in [0.1, 0.15) is 36.5 Å². The number of hydrogen-bond acceptors (Lipinski definition) is 6. The van der Waals surface area contributed by atoms with Crippen LogP contribution in [-0.2, 0) is 15.1 Å². The van der Waals surface area contributed by atoms with Crippen LogP contribution in [0.3, 0.4) is 0 Å². The highest BCUT2D eigenvalue weighted by molar-refractivity contribution is 6.10. The molecule has 190 valence electrons. The minimum Gasteiger partial charge on any atom is -0.467 e. The number of fused-ring (bicyclic) bond motifs is 1. The first kappa shape index (κ1) is 23.5. The number of hydrazone groups is 1. The van der Waals surface area contributed by atoms with Crippen LogP contribution >= 0.6 is 0 Å². The molecule has 38 heavy (non-hydrogen) atoms. The maximum atomic E-state index is 13.5. The third-order valence-corrected chi connectivity index (χ3v) is 6.94. The Labute approximate surface area is 218 Å². The molecule has 4 aromatic rings. The van der Waals surface area contributed by atoms with Crippen LogP contribution in [0.5, 0.6) is 0 Å². The first-order valence-electron chi connectivity index (χ1n) is 12.2. The maximum absolute atomic E-state index is 13.5. The third kappa shape index (κ3) is 4.07. The summed E-state index contributed by atoms with van der Waals surface area (Å²) in [5, 5.41) is 10.5. The van der Waals surface area contributed by atoms with Crippen molar-refractivity contribution in [2.75, 3.05) is 6.54 Å². The van der Waals surface area contributed by atoms with E-state index in [4.69, 9.17) is 8.83 Å². The number of rotatable bonds is 6. The van der Waals surface area contributed by atoms with Gasteiger partial charge < -0.3 is 14.2 Å². The summed E-state index contributed by atoms with van der Waals surface area (Å²) in [5.41, 5.74) is -0.0237. The Kier molecular flexibility index (Phi) is 5.68. The highest BCUT2D eigenvalue weighted by atomic mass is 16.3. The van der Waals surface area contributed by atoms with Crippen molar-refractivity contribution in [2.45, 2.75) is 24.9 Å². The quantitative estimate of drug-likeness (QED) is 0.375. The normalized spacial score (nSPS) is 21.5. The fourth-order valence-corrected chi connectivity index (χ4v) is 4.88. The molecule has 1 saturated heterocycles. The molecular formula is C29H24N4O5. The number of nitrogens with zero attached hydrogens (tertiary/aromatic N) is 3. The van der Waals surface area contributed by atoms with Gasteiger partial charge in [0.2, 0.25) is 0 Å². The second-order valence-electron chi connectivity index (χ2n) is 9.42. The van der Waals surface area contributed by atoms with Crippen molar-refractivity contribution in [3.8, 4) is 0 Å². The van der Waals surface area contributed by atoms with Crippen LogP contribution in [0.15, 0.2) is 99.3 Å². The molecule has 4 amide bonds. The van der Waals surface area contributed by atoms with E-state index < -0.39 is 36.0 Å². The SMILES string of the molecule is C[C@]1(c2ccc3ccccc3c2)NC(=O)N(CC(=O)N2N=C(/C=C/c3ccco3)C[C@@H]2c2ccco2)C1=O. The second-order valence-corrected chi connectivity index (χ2v) is 9.42. The molecule has 2 aromatic heterocycles. The molecule has 2 aromatic carbocycles. The zero-order chi connectivity index (χ0) is 26.3. The standard InChI is InChI=1S/C29H24N4O5/c1-29(21-11-10-19-6-2-3-7-20(19)16-21)27(35)32(28(36)30-29)18-26(34)33-24(25-9-5-15-38-25)17-22(31-33)12-13-23-8-4-14-37-23/h2-16,24H,17-18H2,1H3,(H,30,36)/b13-12+/t24-,29-/m1/s1. The molecule has 0 aliphatic carbocycles. The van der Waals surface area contributed by atoms with Crippen molar-refractivity contribution in [1.82, 2.24) is 15.2 Å². The lowest BCUT2D eigenvalue weighted by molar-refractivity contribution is -0.140. The number of hydrogen-bond donors (Lipinski definition) is 1. The first-order chi connectivity index (χ1) is 18.4. The summed E-state index contributed by atoms with van der Waals surface area (Å²) in [6, 6.07) is 19.4. The number of furan rings is 2. The maximum Gasteiger partial charge on any atom is 0.325 e. The Balaban J connectivity index is 1.24. The second kappa shape index (κ2) is 9.19. The molecule has 9 nitrogen and oxygen atoms in total. The van der Waals surface area contributed by atoms with Gasteiger partial charge in [-0.15, -0.1) is 0 Å². The fourth-order valence-electron chi connectivity index (χ4n) is 4.88. The molecule has 0 bridgehead atoms. The molecule has 9 heteroatoms. The Hall–Kier alpha value is -4.92. The van der Waals surface area contributed by atoms with Crippen molar-refractivity contribution in [1.29, 1.82) is 0 Å². The molecule has 6 rings (SSSR count). The Bertz CT molecular complexity index is 1590. The number of carbonyl (C=O) groups excluding carboxylic acids is 3. The summed E-state index contributed by atoms with van der Waals surface area (Å²) in [7, 11) is 0. The highest BCUT2D eigenvalue weighted by Gasteiger charge is 2.50. The Morgan fingerprint density at radius 1 is 1.03 bits per heavy atom. The predicted molar refractivity (Wildman–Crippen MR) is 140 cm³/mol. The van der Waals surface area contributed by atoms with E-state index in [-0.39, 0.29) is 0 Å². The summed E-state index contributed by atoms with van der Waals surface area (Å²) in [6.07, 6.45) is 7.04. The lowest BCUT2D eigenvalue weighted by Gasteiger charge is -2.24. The number of amides is 4. The molecule has 1 fully saturated rings. The minimum atomic E-state index is -1.30. The molecular weight excluding hydrogens is 484 g/mol. The van der Waals surface area contributed by atoms with Gasteiger partial charge in [-0.1, -0.05) is 36.4 Å². The van der Waals surface area contributed by atoms with Crippen LogP contribution in [0.2, 0.25) is 0 Å². The van der Waals surface area contributed by atoms with Crippen LogP contribution in [-0.4, -0.2) is 40.0 Å². The summed E-state index contributed by atoms with van der Waals surface area (Å²) >= 11 is 0. The van der Waals surface area contributed by atoms with Crippen molar-refractivity contribution >= 4 is 40.4 Å². The van der Waals surface area contributed by atoms with E-state index in [1.165, 1.54) is 11.3 Å². The van der Waals surface area contributed by atoms with Crippen LogP contribution in [0.25, 0.3) is 16.8 Å². The average Bonchev–Trinajstić information content (AvgIpc) is 3.73. The van der Waals surface area contributed by atoms with Crippen molar-refractivity contribution in [3.05, 3.63) is 102 Å². The van der Waals surface area contributed by atoms with Crippen LogP contribution < -0.4 is 5.32 Å². The lowest BCUT2D eigenvalue weighted by atomic mass is 9.90. The molecule has 2 aliphatic heterocycles. The molecule has 0 unspecified atom stereocenters. The van der Waals surface area contributed by atoms with Gasteiger partial charge in [0.05, 0.1) is 18.2 Å². The molecule has 2 aliphatic rings. The number of carbonyl (C=O) groups is 3. The monoisotopic (exact) mass is 508 g/mol. The molecule has 0 radical (unpaired) electrons. The van der Waals surface area contributed by atoms with E-state index in [9.17, 15) is 14.4 Å².